The van der Waals surface area contributed by atoms with E-state index in [4.69, 9.17) is 4.74 Å². The van der Waals surface area contributed by atoms with Crippen LogP contribution in [0.25, 0.3) is 0 Å². The van der Waals surface area contributed by atoms with Gasteiger partial charge < -0.3 is 9.64 Å². The Balaban J connectivity index is 1.25. The van der Waals surface area contributed by atoms with E-state index in [1.54, 1.807) is 4.88 Å². The Morgan fingerprint density at radius 2 is 1.92 bits per heavy atom. The van der Waals surface area contributed by atoms with Crippen molar-refractivity contribution in [2.75, 3.05) is 26.2 Å². The maximum absolute atomic E-state index is 12.4. The van der Waals surface area contributed by atoms with Crippen LogP contribution in [0.15, 0.2) is 41.8 Å². The number of hydrogen-bond donors (Lipinski definition) is 0. The summed E-state index contributed by atoms with van der Waals surface area (Å²) in [5.41, 5.74) is 1.51. The lowest BCUT2D eigenvalue weighted by molar-refractivity contribution is -0.135. The molecule has 0 saturated carbocycles. The second-order valence-corrected chi connectivity index (χ2v) is 7.80. The third-order valence-electron chi connectivity index (χ3n) is 5.28. The number of ether oxygens (including phenoxy) is 1. The number of piperidine rings is 1. The molecule has 1 aromatic carbocycles. The molecule has 25 heavy (non-hydrogen) atoms. The van der Waals surface area contributed by atoms with Gasteiger partial charge in [0.2, 0.25) is 0 Å². The van der Waals surface area contributed by atoms with E-state index in [0.29, 0.717) is 6.04 Å². The van der Waals surface area contributed by atoms with Crippen molar-refractivity contribution in [1.82, 2.24) is 9.80 Å². The minimum Gasteiger partial charge on any atom is -0.484 e. The Morgan fingerprint density at radius 1 is 1.12 bits per heavy atom. The van der Waals surface area contributed by atoms with Crippen LogP contribution in [0.3, 0.4) is 0 Å². The lowest BCUT2D eigenvalue weighted by Crippen LogP contribution is -2.48. The highest BCUT2D eigenvalue weighted by atomic mass is 32.1. The molecule has 0 unspecified atom stereocenters. The van der Waals surface area contributed by atoms with E-state index in [2.05, 4.69) is 16.3 Å². The highest BCUT2D eigenvalue weighted by Gasteiger charge is 2.29. The van der Waals surface area contributed by atoms with Gasteiger partial charge in [-0.3, -0.25) is 9.69 Å². The van der Waals surface area contributed by atoms with Crippen LogP contribution in [-0.2, 0) is 17.8 Å². The van der Waals surface area contributed by atoms with Crippen LogP contribution < -0.4 is 4.74 Å². The maximum Gasteiger partial charge on any atom is 0.260 e. The molecule has 4 nitrogen and oxygen atoms in total. The molecule has 0 bridgehead atoms. The average Bonchev–Trinajstić information content (AvgIpc) is 3.15. The third-order valence-corrected chi connectivity index (χ3v) is 6.30. The number of fused-ring (bicyclic) bond motifs is 1. The molecule has 1 fully saturated rings. The van der Waals surface area contributed by atoms with Crippen molar-refractivity contribution in [3.8, 4) is 5.75 Å². The Morgan fingerprint density at radius 3 is 2.72 bits per heavy atom. The number of benzene rings is 1. The molecule has 0 N–H and O–H groups in total. The molecule has 3 heterocycles. The van der Waals surface area contributed by atoms with Gasteiger partial charge in [0.25, 0.3) is 5.91 Å². The first-order valence-corrected chi connectivity index (χ1v) is 9.92. The van der Waals surface area contributed by atoms with E-state index in [0.717, 1.165) is 44.8 Å². The number of carbonyl (C=O) groups excluding carboxylic acids is 1. The summed E-state index contributed by atoms with van der Waals surface area (Å²) in [6, 6.07) is 12.4. The number of hydrogen-bond acceptors (Lipinski definition) is 4. The summed E-state index contributed by atoms with van der Waals surface area (Å²) in [5.74, 6) is 0.853. The van der Waals surface area contributed by atoms with Gasteiger partial charge in [-0.05, 0) is 48.4 Å². The second-order valence-electron chi connectivity index (χ2n) is 6.80. The van der Waals surface area contributed by atoms with Crippen molar-refractivity contribution in [3.63, 3.8) is 0 Å². The lowest BCUT2D eigenvalue weighted by Gasteiger charge is -2.40. The smallest absolute Gasteiger partial charge is 0.260 e. The van der Waals surface area contributed by atoms with Gasteiger partial charge in [0.1, 0.15) is 5.75 Å². The summed E-state index contributed by atoms with van der Waals surface area (Å²) < 4.78 is 5.59. The summed E-state index contributed by atoms with van der Waals surface area (Å²) in [4.78, 5) is 18.5. The number of para-hydroxylation sites is 1. The summed E-state index contributed by atoms with van der Waals surface area (Å²) in [5, 5.41) is 2.21. The molecule has 2 aromatic rings. The van der Waals surface area contributed by atoms with Crippen molar-refractivity contribution >= 4 is 17.2 Å². The van der Waals surface area contributed by atoms with Gasteiger partial charge in [-0.1, -0.05) is 18.2 Å². The average molecular weight is 356 g/mol. The van der Waals surface area contributed by atoms with Crippen molar-refractivity contribution in [1.29, 1.82) is 0 Å². The van der Waals surface area contributed by atoms with Crippen molar-refractivity contribution in [2.24, 2.45) is 0 Å². The van der Waals surface area contributed by atoms with Gasteiger partial charge in [-0.15, -0.1) is 11.3 Å². The topological polar surface area (TPSA) is 32.8 Å². The highest BCUT2D eigenvalue weighted by molar-refractivity contribution is 7.10. The standard InChI is InChI=1S/C20H24N2O2S/c23-20(15-24-18-4-2-1-3-5-18)21-10-6-17(7-11-21)22-12-8-19-16(14-22)9-13-25-19/h1-5,9,13,17H,6-8,10-12,14-15H2. The molecule has 1 amide bonds. The fourth-order valence-corrected chi connectivity index (χ4v) is 4.71. The maximum atomic E-state index is 12.4. The largest absolute Gasteiger partial charge is 0.484 e. The molecule has 0 radical (unpaired) electrons. The van der Waals surface area contributed by atoms with Gasteiger partial charge in [0, 0.05) is 37.1 Å². The molecule has 2 aliphatic heterocycles. The zero-order valence-electron chi connectivity index (χ0n) is 14.4. The first kappa shape index (κ1) is 16.6. The number of amides is 1. The van der Waals surface area contributed by atoms with Gasteiger partial charge >= 0.3 is 0 Å². The Bertz CT molecular complexity index is 707. The van der Waals surface area contributed by atoms with E-state index in [-0.39, 0.29) is 12.5 Å². The summed E-state index contributed by atoms with van der Waals surface area (Å²) in [6.45, 7) is 4.05. The third kappa shape index (κ3) is 3.88. The molecule has 1 saturated heterocycles. The van der Waals surface area contributed by atoms with Crippen LogP contribution in [0.2, 0.25) is 0 Å². The van der Waals surface area contributed by atoms with Crippen LogP contribution >= 0.6 is 11.3 Å². The van der Waals surface area contributed by atoms with E-state index in [9.17, 15) is 4.79 Å². The number of likely N-dealkylation sites (tertiary alicyclic amines) is 1. The summed E-state index contributed by atoms with van der Waals surface area (Å²) in [6.07, 6.45) is 3.31. The molecule has 0 aliphatic carbocycles. The van der Waals surface area contributed by atoms with Crippen LogP contribution in [0.4, 0.5) is 0 Å². The van der Waals surface area contributed by atoms with E-state index in [1.165, 1.54) is 12.0 Å². The van der Waals surface area contributed by atoms with Crippen LogP contribution in [0.1, 0.15) is 23.3 Å². The molecule has 132 valence electrons. The molecular formula is C20H24N2O2S. The Kier molecular flexibility index (Phi) is 5.04. The normalized spacial score (nSPS) is 18.8. The van der Waals surface area contributed by atoms with Gasteiger partial charge in [0.05, 0.1) is 0 Å². The van der Waals surface area contributed by atoms with Crippen molar-refractivity contribution < 1.29 is 9.53 Å². The SMILES string of the molecule is O=C(COc1ccccc1)N1CCC(N2CCc3sccc3C2)CC1. The van der Waals surface area contributed by atoms with E-state index >= 15 is 0 Å². The Hall–Kier alpha value is -1.85. The number of nitrogens with zero attached hydrogens (tertiary/aromatic N) is 2. The summed E-state index contributed by atoms with van der Waals surface area (Å²) >= 11 is 1.89. The monoisotopic (exact) mass is 356 g/mol. The molecular weight excluding hydrogens is 332 g/mol. The fourth-order valence-electron chi connectivity index (χ4n) is 3.82. The predicted octanol–water partition coefficient (Wildman–Crippen LogP) is 3.18. The molecule has 1 aromatic heterocycles. The van der Waals surface area contributed by atoms with Crippen LogP contribution in [0, 0.1) is 0 Å². The summed E-state index contributed by atoms with van der Waals surface area (Å²) in [7, 11) is 0. The van der Waals surface area contributed by atoms with Crippen LogP contribution in [-0.4, -0.2) is 48.0 Å². The quantitative estimate of drug-likeness (QED) is 0.843. The Labute approximate surface area is 153 Å². The molecule has 2 aliphatic rings. The lowest BCUT2D eigenvalue weighted by atomic mass is 9.99. The number of rotatable bonds is 4. The number of carbonyl (C=O) groups is 1. The zero-order chi connectivity index (χ0) is 17.1. The first-order valence-electron chi connectivity index (χ1n) is 9.04. The fraction of sp³-hybridized carbons (Fsp3) is 0.450. The molecule has 0 atom stereocenters. The van der Waals surface area contributed by atoms with E-state index < -0.39 is 0 Å². The highest BCUT2D eigenvalue weighted by Crippen LogP contribution is 2.28. The minimum absolute atomic E-state index is 0.0982. The van der Waals surface area contributed by atoms with E-state index in [1.807, 2.05) is 46.6 Å². The first-order chi connectivity index (χ1) is 12.3. The van der Waals surface area contributed by atoms with Crippen molar-refractivity contribution in [2.45, 2.75) is 31.8 Å². The number of thiophene rings is 1. The van der Waals surface area contributed by atoms with Crippen LogP contribution in [0.5, 0.6) is 5.75 Å². The second kappa shape index (κ2) is 7.58. The van der Waals surface area contributed by atoms with Crippen molar-refractivity contribution in [3.05, 3.63) is 52.2 Å². The minimum atomic E-state index is 0.0982. The van der Waals surface area contributed by atoms with Gasteiger partial charge in [-0.2, -0.15) is 0 Å². The molecule has 4 rings (SSSR count). The molecule has 0 spiro atoms. The predicted molar refractivity (Wildman–Crippen MR) is 100.0 cm³/mol. The van der Waals surface area contributed by atoms with Gasteiger partial charge in [0.15, 0.2) is 6.61 Å². The zero-order valence-corrected chi connectivity index (χ0v) is 15.2. The van der Waals surface area contributed by atoms with Gasteiger partial charge in [-0.25, -0.2) is 0 Å². The molecule has 5 heteroatoms.